The molecule has 0 aliphatic carbocycles. The molecule has 1 unspecified atom stereocenters. The van der Waals surface area contributed by atoms with Crippen LogP contribution in [0, 0.1) is 0 Å². The van der Waals surface area contributed by atoms with E-state index < -0.39 is 6.48 Å². The predicted octanol–water partition coefficient (Wildman–Crippen LogP) is 0.0205. The molecule has 2 rings (SSSR count). The average Bonchev–Trinajstić information content (AvgIpc) is 2.67. The summed E-state index contributed by atoms with van der Waals surface area (Å²) in [5, 5.41) is 11.9. The molecule has 6 heteroatoms. The molecule has 0 saturated heterocycles. The summed E-state index contributed by atoms with van der Waals surface area (Å²) < 4.78 is 9.91. The molecule has 1 aliphatic rings. The number of rotatable bonds is 4. The van der Waals surface area contributed by atoms with E-state index >= 15 is 0 Å². The van der Waals surface area contributed by atoms with Crippen LogP contribution in [-0.2, 0) is 0 Å². The largest absolute Gasteiger partial charge is 0.428 e. The Labute approximate surface area is 100 Å². The smallest absolute Gasteiger partial charge is 0.358 e. The Morgan fingerprint density at radius 3 is 2.94 bits per heavy atom. The van der Waals surface area contributed by atoms with Crippen LogP contribution >= 0.6 is 0 Å². The molecule has 5 nitrogen and oxygen atoms in total. The second kappa shape index (κ2) is 4.77. The molecule has 2 N–H and O–H groups in total. The van der Waals surface area contributed by atoms with Gasteiger partial charge in [-0.1, -0.05) is 0 Å². The SMILES string of the molecule is [B]CN[C@@H](C)C(=O)c1ccc2c(c1)OC(O)O2. The number of Topliss-reactive ketones (excluding diaryl/α,β-unsaturated/α-hetero) is 1. The van der Waals surface area contributed by atoms with Crippen LogP contribution in [0.15, 0.2) is 18.2 Å². The van der Waals surface area contributed by atoms with Crippen LogP contribution < -0.4 is 14.8 Å². The number of ether oxygens (including phenoxy) is 2. The van der Waals surface area contributed by atoms with Crippen molar-refractivity contribution in [1.29, 1.82) is 0 Å². The Kier molecular flexibility index (Phi) is 3.35. The predicted molar refractivity (Wildman–Crippen MR) is 61.3 cm³/mol. The van der Waals surface area contributed by atoms with Gasteiger partial charge in [-0.25, -0.2) is 0 Å². The van der Waals surface area contributed by atoms with Crippen LogP contribution in [0.5, 0.6) is 11.5 Å². The zero-order chi connectivity index (χ0) is 12.4. The Hall–Kier alpha value is -1.53. The van der Waals surface area contributed by atoms with Gasteiger partial charge in [0.15, 0.2) is 17.3 Å². The number of fused-ring (bicyclic) bond motifs is 1. The Morgan fingerprint density at radius 1 is 1.53 bits per heavy atom. The van der Waals surface area contributed by atoms with Gasteiger partial charge in [-0.15, -0.1) is 0 Å². The molecule has 0 amide bonds. The minimum absolute atomic E-state index is 0.0942. The number of hydrogen-bond acceptors (Lipinski definition) is 5. The first-order valence-electron chi connectivity index (χ1n) is 5.25. The van der Waals surface area contributed by atoms with Gasteiger partial charge in [0.25, 0.3) is 0 Å². The van der Waals surface area contributed by atoms with Crippen LogP contribution in [0.3, 0.4) is 0 Å². The summed E-state index contributed by atoms with van der Waals surface area (Å²) in [6, 6.07) is 4.39. The fraction of sp³-hybridized carbons (Fsp3) is 0.364. The summed E-state index contributed by atoms with van der Waals surface area (Å²) in [6.07, 6.45) is 0.232. The molecule has 0 spiro atoms. The van der Waals surface area contributed by atoms with E-state index in [2.05, 4.69) is 5.32 Å². The highest BCUT2D eigenvalue weighted by Gasteiger charge is 2.24. The maximum absolute atomic E-state index is 11.9. The van der Waals surface area contributed by atoms with Crippen LogP contribution in [0.25, 0.3) is 0 Å². The monoisotopic (exact) mass is 233 g/mol. The van der Waals surface area contributed by atoms with Crippen LogP contribution in [0.4, 0.5) is 0 Å². The molecule has 2 atom stereocenters. The lowest BCUT2D eigenvalue weighted by molar-refractivity contribution is -0.133. The number of carbonyl (C=O) groups excluding carboxylic acids is 1. The molecule has 2 radical (unpaired) electrons. The summed E-state index contributed by atoms with van der Waals surface area (Å²) in [6.45, 7) is 0.434. The minimum atomic E-state index is -1.30. The summed E-state index contributed by atoms with van der Waals surface area (Å²) in [4.78, 5) is 11.9. The topological polar surface area (TPSA) is 67.8 Å². The lowest BCUT2D eigenvalue weighted by atomic mass is 10.0. The molecule has 0 saturated carbocycles. The molecule has 1 aromatic rings. The first kappa shape index (κ1) is 11.9. The van der Waals surface area contributed by atoms with E-state index in [0.29, 0.717) is 17.1 Å². The van der Waals surface area contributed by atoms with Gasteiger partial charge in [0.05, 0.1) is 13.9 Å². The van der Waals surface area contributed by atoms with Crippen molar-refractivity contribution in [3.05, 3.63) is 23.8 Å². The van der Waals surface area contributed by atoms with Crippen molar-refractivity contribution in [3.63, 3.8) is 0 Å². The highest BCUT2D eigenvalue weighted by Crippen LogP contribution is 2.34. The molecule has 88 valence electrons. The van der Waals surface area contributed by atoms with E-state index in [-0.39, 0.29) is 18.3 Å². The highest BCUT2D eigenvalue weighted by atomic mass is 16.8. The van der Waals surface area contributed by atoms with Gasteiger partial charge in [-0.2, -0.15) is 0 Å². The first-order valence-corrected chi connectivity index (χ1v) is 5.25. The van der Waals surface area contributed by atoms with Gasteiger partial charge in [0.2, 0.25) is 0 Å². The van der Waals surface area contributed by atoms with Crippen LogP contribution in [-0.4, -0.2) is 37.7 Å². The number of ketones is 1. The first-order chi connectivity index (χ1) is 8.11. The van der Waals surface area contributed by atoms with Gasteiger partial charge >= 0.3 is 6.48 Å². The third kappa shape index (κ3) is 2.43. The van der Waals surface area contributed by atoms with Crippen molar-refractivity contribution in [2.75, 3.05) is 6.44 Å². The zero-order valence-electron chi connectivity index (χ0n) is 9.34. The lowest BCUT2D eigenvalue weighted by Gasteiger charge is -2.11. The highest BCUT2D eigenvalue weighted by molar-refractivity contribution is 6.09. The van der Waals surface area contributed by atoms with Crippen LogP contribution in [0.2, 0.25) is 0 Å². The molecule has 1 aromatic carbocycles. The molecule has 0 bridgehead atoms. The van der Waals surface area contributed by atoms with Gasteiger partial charge in [0.1, 0.15) is 0 Å². The second-order valence-corrected chi connectivity index (χ2v) is 3.70. The normalized spacial score (nSPS) is 19.1. The van der Waals surface area contributed by atoms with Crippen molar-refractivity contribution < 1.29 is 19.4 Å². The fourth-order valence-electron chi connectivity index (χ4n) is 1.61. The Morgan fingerprint density at radius 2 is 2.24 bits per heavy atom. The Balaban J connectivity index is 2.18. The average molecular weight is 233 g/mol. The molecular formula is C11H12BNO4. The van der Waals surface area contributed by atoms with E-state index in [0.717, 1.165) is 0 Å². The molecule has 0 aromatic heterocycles. The van der Waals surface area contributed by atoms with Crippen molar-refractivity contribution in [1.82, 2.24) is 5.32 Å². The molecule has 1 heterocycles. The Bertz CT molecular complexity index is 437. The van der Waals surface area contributed by atoms with Crippen molar-refractivity contribution in [2.24, 2.45) is 0 Å². The number of aliphatic hydroxyl groups is 1. The van der Waals surface area contributed by atoms with Crippen molar-refractivity contribution >= 4 is 13.6 Å². The number of aliphatic hydroxyl groups excluding tert-OH is 1. The van der Waals surface area contributed by atoms with Gasteiger partial charge in [0, 0.05) is 5.56 Å². The molecular weight excluding hydrogens is 221 g/mol. The van der Waals surface area contributed by atoms with Gasteiger partial charge in [-0.05, 0) is 31.6 Å². The third-order valence-electron chi connectivity index (χ3n) is 2.50. The van der Waals surface area contributed by atoms with E-state index in [1.807, 2.05) is 0 Å². The number of benzene rings is 1. The van der Waals surface area contributed by atoms with Gasteiger partial charge < -0.3 is 19.9 Å². The van der Waals surface area contributed by atoms with E-state index in [4.69, 9.17) is 22.4 Å². The minimum Gasteiger partial charge on any atom is -0.428 e. The maximum Gasteiger partial charge on any atom is 0.358 e. The number of carbonyl (C=O) groups is 1. The number of hydrogen-bond donors (Lipinski definition) is 2. The summed E-state index contributed by atoms with van der Waals surface area (Å²) >= 11 is 0. The standard InChI is InChI=1S/C11H12BNO4/c1-6(13-5-12)10(14)7-2-3-8-9(4-7)17-11(15)16-8/h2-4,6,11,13,15H,5H2,1H3/t6-,11?/m0/s1. The summed E-state index contributed by atoms with van der Waals surface area (Å²) in [5.74, 6) is 0.694. The summed E-state index contributed by atoms with van der Waals surface area (Å²) in [7, 11) is 5.31. The zero-order valence-corrected chi connectivity index (χ0v) is 9.34. The van der Waals surface area contributed by atoms with Gasteiger partial charge in [-0.3, -0.25) is 4.79 Å². The fourth-order valence-corrected chi connectivity index (χ4v) is 1.61. The van der Waals surface area contributed by atoms with E-state index in [9.17, 15) is 4.79 Å². The van der Waals surface area contributed by atoms with Crippen molar-refractivity contribution in [2.45, 2.75) is 19.4 Å². The van der Waals surface area contributed by atoms with E-state index in [1.54, 1.807) is 25.1 Å². The second-order valence-electron chi connectivity index (χ2n) is 3.70. The molecule has 1 aliphatic heterocycles. The lowest BCUT2D eigenvalue weighted by Crippen LogP contribution is -2.34. The van der Waals surface area contributed by atoms with E-state index in [1.165, 1.54) is 0 Å². The molecule has 17 heavy (non-hydrogen) atoms. The van der Waals surface area contributed by atoms with Crippen LogP contribution in [0.1, 0.15) is 17.3 Å². The third-order valence-corrected chi connectivity index (χ3v) is 2.50. The summed E-state index contributed by atoms with van der Waals surface area (Å²) in [5.41, 5.74) is 0.481. The molecule has 0 fully saturated rings. The number of nitrogens with one attached hydrogen (secondary N) is 1. The maximum atomic E-state index is 11.9. The van der Waals surface area contributed by atoms with Crippen molar-refractivity contribution in [3.8, 4) is 11.5 Å². The quantitative estimate of drug-likeness (QED) is 0.566.